The second-order valence-corrected chi connectivity index (χ2v) is 10.6. The third-order valence-electron chi connectivity index (χ3n) is 2.54. The fraction of sp³-hybridized carbons (Fsp3) is 0.300. The topological polar surface area (TPSA) is 193 Å². The van der Waals surface area contributed by atoms with Gasteiger partial charge < -0.3 is 46.9 Å². The number of hydrogen-bond donors (Lipinski definition) is 8. The molecule has 0 heterocycles. The van der Waals surface area contributed by atoms with Gasteiger partial charge in [0.15, 0.2) is 0 Å². The molecule has 0 saturated heterocycles. The Morgan fingerprint density at radius 2 is 1.46 bits per heavy atom. The Kier molecular flexibility index (Phi) is 7.34. The summed E-state index contributed by atoms with van der Waals surface area (Å²) in [6, 6.07) is 5.96. The first kappa shape index (κ1) is 21.0. The van der Waals surface area contributed by atoms with E-state index in [2.05, 4.69) is 13.2 Å². The zero-order valence-electron chi connectivity index (χ0n) is 12.3. The van der Waals surface area contributed by atoms with Crippen molar-refractivity contribution in [3.63, 3.8) is 0 Å². The summed E-state index contributed by atoms with van der Waals surface area (Å²) >= 11 is 0. The minimum Gasteiger partial charge on any atom is -0.507 e. The lowest BCUT2D eigenvalue weighted by Crippen LogP contribution is -2.60. The molecule has 0 saturated carbocycles. The van der Waals surface area contributed by atoms with Crippen LogP contribution in [0.4, 0.5) is 0 Å². The Bertz CT molecular complexity index is 543. The molecule has 0 unspecified atom stereocenters. The number of aliphatic imine (C=N–C) groups is 1. The van der Waals surface area contributed by atoms with Gasteiger partial charge in [0.2, 0.25) is 0 Å². The van der Waals surface area contributed by atoms with Gasteiger partial charge in [-0.3, -0.25) is 4.99 Å². The Balaban J connectivity index is 2.60. The number of nitrogens with zero attached hydrogens (tertiary/aromatic N) is 1. The molecule has 0 aromatic heterocycles. The molecule has 1 aromatic rings. The smallest absolute Gasteiger partial charge is 0.507 e. The van der Waals surface area contributed by atoms with Gasteiger partial charge in [-0.25, -0.2) is 0 Å². The average Bonchev–Trinajstić information content (AvgIpc) is 2.35. The molecule has 1 rings (SSSR count). The van der Waals surface area contributed by atoms with Gasteiger partial charge in [0.25, 0.3) is 0 Å². The molecular weight excluding hydrogens is 378 g/mol. The van der Waals surface area contributed by atoms with Gasteiger partial charge in [0.1, 0.15) is 5.75 Å². The van der Waals surface area contributed by atoms with E-state index in [1.807, 2.05) is 0 Å². The highest BCUT2D eigenvalue weighted by atomic mass is 28.5. The Morgan fingerprint density at radius 3 is 1.96 bits per heavy atom. The Labute approximate surface area is 140 Å². The fourth-order valence-electron chi connectivity index (χ4n) is 1.70. The Hall–Kier alpha value is -1.02. The lowest BCUT2D eigenvalue weighted by atomic mass is 10.2. The largest absolute Gasteiger partial charge is 0.663 e. The highest BCUT2D eigenvalue weighted by Crippen LogP contribution is 2.18. The minimum absolute atomic E-state index is 0.0204. The maximum absolute atomic E-state index is 9.96. The van der Waals surface area contributed by atoms with E-state index in [1.165, 1.54) is 12.3 Å². The summed E-state index contributed by atoms with van der Waals surface area (Å²) < 4.78 is 8.45. The van der Waals surface area contributed by atoms with Gasteiger partial charge in [0.05, 0.1) is 0 Å². The summed E-state index contributed by atoms with van der Waals surface area (Å²) in [6.45, 7) is 0.0735. The number of hydrogen-bond acceptors (Lipinski definition) is 11. The molecule has 0 aliphatic heterocycles. The average molecular weight is 398 g/mol. The van der Waals surface area contributed by atoms with E-state index in [0.29, 0.717) is 5.56 Å². The van der Waals surface area contributed by atoms with Crippen molar-refractivity contribution in [2.75, 3.05) is 6.54 Å². The highest BCUT2D eigenvalue weighted by molar-refractivity contribution is 6.75. The van der Waals surface area contributed by atoms with Crippen LogP contribution in [0.15, 0.2) is 29.3 Å². The molecule has 0 bridgehead atoms. The first-order valence-corrected chi connectivity index (χ1v) is 12.1. The Morgan fingerprint density at radius 1 is 0.917 bits per heavy atom. The van der Waals surface area contributed by atoms with Crippen LogP contribution in [0, 0.1) is 0 Å². The van der Waals surface area contributed by atoms with E-state index in [0.717, 1.165) is 0 Å². The summed E-state index contributed by atoms with van der Waals surface area (Å²) in [6.07, 6.45) is 1.39. The van der Waals surface area contributed by atoms with E-state index in [1.54, 1.807) is 18.2 Å². The molecule has 11 nitrogen and oxygen atoms in total. The summed E-state index contributed by atoms with van der Waals surface area (Å²) in [5.74, 6) is 0.0204. The standard InChI is InChI=1S/C10H19NO10Si3/c12-10-5-2-1-4-9(10)8-11-6-3-7-22(13,20-23(14,15)16)21-24(17,18)19/h1-2,4-5,8,12-19H,3,6-7H2. The monoisotopic (exact) mass is 397 g/mol. The predicted octanol–water partition coefficient (Wildman–Crippen LogP) is -3.01. The first-order valence-electron chi connectivity index (χ1n) is 6.65. The van der Waals surface area contributed by atoms with Crippen LogP contribution in [0.3, 0.4) is 0 Å². The van der Waals surface area contributed by atoms with Crippen molar-refractivity contribution in [1.29, 1.82) is 0 Å². The van der Waals surface area contributed by atoms with Crippen LogP contribution in [0.1, 0.15) is 12.0 Å². The van der Waals surface area contributed by atoms with Crippen molar-refractivity contribution in [2.24, 2.45) is 4.99 Å². The first-order chi connectivity index (χ1) is 10.9. The van der Waals surface area contributed by atoms with Crippen molar-refractivity contribution < 1.29 is 46.9 Å². The van der Waals surface area contributed by atoms with E-state index < -0.39 is 32.9 Å². The molecule has 0 fully saturated rings. The molecule has 0 radical (unpaired) electrons. The normalized spacial score (nSPS) is 13.6. The molecule has 136 valence electrons. The number of rotatable bonds is 9. The van der Waals surface area contributed by atoms with Crippen molar-refractivity contribution >= 4 is 33.1 Å². The SMILES string of the molecule is Oc1ccccc1C=NCCC[Si](O)(O[Si](O)(O)O)O[Si](O)(O)O. The zero-order valence-corrected chi connectivity index (χ0v) is 15.3. The van der Waals surface area contributed by atoms with Crippen LogP contribution in [-0.2, 0) is 8.23 Å². The quantitative estimate of drug-likeness (QED) is 0.121. The van der Waals surface area contributed by atoms with Gasteiger partial charge >= 0.3 is 26.9 Å². The van der Waals surface area contributed by atoms with Crippen molar-refractivity contribution in [2.45, 2.75) is 12.5 Å². The molecule has 0 aliphatic rings. The van der Waals surface area contributed by atoms with Gasteiger partial charge in [-0.2, -0.15) is 0 Å². The third-order valence-corrected chi connectivity index (χ3v) is 8.27. The van der Waals surface area contributed by atoms with Gasteiger partial charge in [-0.05, 0) is 18.6 Å². The number of phenols is 1. The summed E-state index contributed by atoms with van der Waals surface area (Å²) in [5.41, 5.74) is 0.456. The van der Waals surface area contributed by atoms with Gasteiger partial charge in [-0.1, -0.05) is 12.1 Å². The minimum atomic E-state index is -5.22. The second-order valence-electron chi connectivity index (χ2n) is 4.76. The molecule has 24 heavy (non-hydrogen) atoms. The molecule has 0 atom stereocenters. The number of aromatic hydroxyl groups is 1. The second kappa shape index (κ2) is 8.38. The highest BCUT2D eigenvalue weighted by Gasteiger charge is 2.53. The lowest BCUT2D eigenvalue weighted by molar-refractivity contribution is 0.0490. The molecule has 0 aliphatic carbocycles. The molecule has 8 N–H and O–H groups in total. The molecular formula is C10H19NO10Si3. The summed E-state index contributed by atoms with van der Waals surface area (Å²) in [5, 5.41) is 9.53. The lowest BCUT2D eigenvalue weighted by Gasteiger charge is -2.28. The number of benzene rings is 1. The van der Waals surface area contributed by atoms with E-state index in [9.17, 15) is 9.90 Å². The van der Waals surface area contributed by atoms with E-state index >= 15 is 0 Å². The molecule has 0 amide bonds. The summed E-state index contributed by atoms with van der Waals surface area (Å²) in [7, 11) is -15.1. The number of phenolic OH excluding ortho intramolecular Hbond substituents is 1. The molecule has 1 aromatic carbocycles. The predicted molar refractivity (Wildman–Crippen MR) is 85.0 cm³/mol. The maximum atomic E-state index is 9.96. The van der Waals surface area contributed by atoms with Crippen molar-refractivity contribution in [3.8, 4) is 5.75 Å². The molecule has 14 heteroatoms. The number of para-hydroxylation sites is 1. The zero-order chi connectivity index (χ0) is 18.4. The van der Waals surface area contributed by atoms with Crippen LogP contribution in [-0.4, -0.2) is 78.3 Å². The van der Waals surface area contributed by atoms with Crippen LogP contribution in [0.5, 0.6) is 5.75 Å². The van der Waals surface area contributed by atoms with Crippen LogP contribution >= 0.6 is 0 Å². The van der Waals surface area contributed by atoms with E-state index in [-0.39, 0.29) is 18.7 Å². The van der Waals surface area contributed by atoms with Gasteiger partial charge in [-0.15, -0.1) is 0 Å². The summed E-state index contributed by atoms with van der Waals surface area (Å²) in [4.78, 5) is 67.1. The maximum Gasteiger partial charge on any atom is 0.663 e. The van der Waals surface area contributed by atoms with Crippen molar-refractivity contribution in [3.05, 3.63) is 29.8 Å². The third kappa shape index (κ3) is 8.73. The van der Waals surface area contributed by atoms with Crippen molar-refractivity contribution in [1.82, 2.24) is 0 Å². The fourth-order valence-corrected chi connectivity index (χ4v) is 7.09. The van der Waals surface area contributed by atoms with Crippen LogP contribution in [0.2, 0.25) is 6.04 Å². The van der Waals surface area contributed by atoms with Crippen LogP contribution in [0.25, 0.3) is 0 Å². The van der Waals surface area contributed by atoms with Crippen LogP contribution < -0.4 is 0 Å². The van der Waals surface area contributed by atoms with E-state index in [4.69, 9.17) is 28.8 Å². The van der Waals surface area contributed by atoms with Gasteiger partial charge in [0, 0.05) is 24.4 Å². The molecule has 0 spiro atoms.